The van der Waals surface area contributed by atoms with E-state index in [2.05, 4.69) is 0 Å². The average Bonchev–Trinajstić information content (AvgIpc) is 2.16. The Morgan fingerprint density at radius 3 is 2.21 bits per heavy atom. The average molecular weight is 215 g/mol. The van der Waals surface area contributed by atoms with Crippen LogP contribution >= 0.6 is 11.6 Å². The van der Waals surface area contributed by atoms with Crippen molar-refractivity contribution in [3.63, 3.8) is 0 Å². The number of hydrogen-bond acceptors (Lipinski definition) is 2. The fourth-order valence-corrected chi connectivity index (χ4v) is 1.81. The fourth-order valence-electron chi connectivity index (χ4n) is 1.66. The number of methoxy groups -OCH3 is 1. The van der Waals surface area contributed by atoms with E-state index >= 15 is 0 Å². The van der Waals surface area contributed by atoms with Crippen LogP contribution in [0.25, 0.3) is 0 Å². The topological polar surface area (TPSA) is 29.5 Å². The Hall–Kier alpha value is -0.730. The van der Waals surface area contributed by atoms with Crippen LogP contribution in [0.1, 0.15) is 22.8 Å². The van der Waals surface area contributed by atoms with Gasteiger partial charge in [0.05, 0.1) is 19.1 Å². The number of rotatable bonds is 3. The highest BCUT2D eigenvalue weighted by atomic mass is 35.5. The lowest BCUT2D eigenvalue weighted by Gasteiger charge is -2.15. The van der Waals surface area contributed by atoms with E-state index in [9.17, 15) is 5.11 Å². The molecule has 1 aromatic rings. The van der Waals surface area contributed by atoms with Crippen molar-refractivity contribution >= 4 is 11.6 Å². The van der Waals surface area contributed by atoms with Gasteiger partial charge in [-0.3, -0.25) is 0 Å². The Balaban J connectivity index is 3.18. The normalized spacial score (nSPS) is 12.6. The minimum Gasteiger partial charge on any atom is -0.497 e. The molecule has 3 heteroatoms. The number of aryl methyl sites for hydroxylation is 2. The van der Waals surface area contributed by atoms with Crippen LogP contribution in [0.4, 0.5) is 0 Å². The van der Waals surface area contributed by atoms with Gasteiger partial charge < -0.3 is 9.84 Å². The van der Waals surface area contributed by atoms with E-state index in [4.69, 9.17) is 16.3 Å². The molecule has 0 aliphatic heterocycles. The molecule has 0 fully saturated rings. The van der Waals surface area contributed by atoms with Crippen molar-refractivity contribution in [3.8, 4) is 5.75 Å². The Morgan fingerprint density at radius 1 is 1.36 bits per heavy atom. The van der Waals surface area contributed by atoms with Gasteiger partial charge in [-0.25, -0.2) is 0 Å². The van der Waals surface area contributed by atoms with Gasteiger partial charge >= 0.3 is 0 Å². The number of aliphatic hydroxyl groups excluding tert-OH is 1. The Kier molecular flexibility index (Phi) is 3.78. The van der Waals surface area contributed by atoms with Gasteiger partial charge in [-0.05, 0) is 42.7 Å². The molecule has 0 spiro atoms. The van der Waals surface area contributed by atoms with Crippen molar-refractivity contribution in [1.82, 2.24) is 0 Å². The number of hydrogen-bond donors (Lipinski definition) is 1. The van der Waals surface area contributed by atoms with Gasteiger partial charge in [-0.15, -0.1) is 11.6 Å². The number of aliphatic hydroxyl groups is 1. The lowest BCUT2D eigenvalue weighted by Crippen LogP contribution is -2.04. The minimum atomic E-state index is -0.595. The summed E-state index contributed by atoms with van der Waals surface area (Å²) in [7, 11) is 1.63. The highest BCUT2D eigenvalue weighted by molar-refractivity contribution is 6.18. The smallest absolute Gasteiger partial charge is 0.119 e. The molecule has 1 rings (SSSR count). The summed E-state index contributed by atoms with van der Waals surface area (Å²) in [5.74, 6) is 1.03. The van der Waals surface area contributed by atoms with Crippen molar-refractivity contribution < 1.29 is 9.84 Å². The van der Waals surface area contributed by atoms with E-state index in [-0.39, 0.29) is 5.88 Å². The van der Waals surface area contributed by atoms with Crippen LogP contribution in [0, 0.1) is 13.8 Å². The molecule has 1 atom stereocenters. The standard InChI is InChI=1S/C11H15ClO2/c1-7-4-9(14-3)5-8(2)11(7)10(13)6-12/h4-5,10,13H,6H2,1-3H3. The van der Waals surface area contributed by atoms with Gasteiger partial charge in [0.2, 0.25) is 0 Å². The second kappa shape index (κ2) is 4.67. The number of ether oxygens (including phenoxy) is 1. The zero-order chi connectivity index (χ0) is 10.7. The van der Waals surface area contributed by atoms with Crippen LogP contribution in [-0.4, -0.2) is 18.1 Å². The monoisotopic (exact) mass is 214 g/mol. The van der Waals surface area contributed by atoms with Crippen LogP contribution in [-0.2, 0) is 0 Å². The Labute approximate surface area is 89.5 Å². The number of benzene rings is 1. The van der Waals surface area contributed by atoms with Crippen LogP contribution in [0.2, 0.25) is 0 Å². The van der Waals surface area contributed by atoms with Crippen molar-refractivity contribution in [3.05, 3.63) is 28.8 Å². The van der Waals surface area contributed by atoms with Gasteiger partial charge in [0.25, 0.3) is 0 Å². The maximum absolute atomic E-state index is 9.68. The molecule has 0 bridgehead atoms. The Bertz CT molecular complexity index is 300. The van der Waals surface area contributed by atoms with Crippen molar-refractivity contribution in [2.45, 2.75) is 20.0 Å². The SMILES string of the molecule is COc1cc(C)c(C(O)CCl)c(C)c1. The lowest BCUT2D eigenvalue weighted by atomic mass is 9.98. The first-order valence-corrected chi connectivity index (χ1v) is 5.02. The molecule has 0 saturated carbocycles. The number of alkyl halides is 1. The molecule has 0 heterocycles. The summed E-state index contributed by atoms with van der Waals surface area (Å²) < 4.78 is 5.13. The highest BCUT2D eigenvalue weighted by Crippen LogP contribution is 2.27. The first-order chi connectivity index (χ1) is 6.60. The molecule has 1 N–H and O–H groups in total. The van der Waals surface area contributed by atoms with Crippen LogP contribution in [0.15, 0.2) is 12.1 Å². The molecule has 0 aliphatic rings. The molecule has 2 nitrogen and oxygen atoms in total. The fraction of sp³-hybridized carbons (Fsp3) is 0.455. The molecule has 0 aromatic heterocycles. The predicted octanol–water partition coefficient (Wildman–Crippen LogP) is 2.58. The molecule has 0 aliphatic carbocycles. The summed E-state index contributed by atoms with van der Waals surface area (Å²) in [4.78, 5) is 0. The molecular formula is C11H15ClO2. The van der Waals surface area contributed by atoms with Crippen LogP contribution < -0.4 is 4.74 Å². The minimum absolute atomic E-state index is 0.216. The van der Waals surface area contributed by atoms with Crippen LogP contribution in [0.3, 0.4) is 0 Å². The number of halogens is 1. The summed E-state index contributed by atoms with van der Waals surface area (Å²) in [6.07, 6.45) is -0.595. The van der Waals surface area contributed by atoms with Gasteiger partial charge in [0.15, 0.2) is 0 Å². The maximum Gasteiger partial charge on any atom is 0.119 e. The van der Waals surface area contributed by atoms with E-state index in [0.29, 0.717) is 0 Å². The first-order valence-electron chi connectivity index (χ1n) is 4.49. The molecule has 1 aromatic carbocycles. The van der Waals surface area contributed by atoms with E-state index in [1.807, 2.05) is 26.0 Å². The van der Waals surface area contributed by atoms with E-state index in [1.54, 1.807) is 7.11 Å². The van der Waals surface area contributed by atoms with Crippen molar-refractivity contribution in [1.29, 1.82) is 0 Å². The van der Waals surface area contributed by atoms with Gasteiger partial charge in [0, 0.05) is 0 Å². The van der Waals surface area contributed by atoms with Crippen molar-refractivity contribution in [2.75, 3.05) is 13.0 Å². The summed E-state index contributed by atoms with van der Waals surface area (Å²) in [6, 6.07) is 3.80. The van der Waals surface area contributed by atoms with E-state index in [0.717, 1.165) is 22.4 Å². The molecule has 78 valence electrons. The maximum atomic E-state index is 9.68. The van der Waals surface area contributed by atoms with Gasteiger partial charge in [0.1, 0.15) is 5.75 Å². The van der Waals surface area contributed by atoms with Gasteiger partial charge in [-0.1, -0.05) is 0 Å². The zero-order valence-corrected chi connectivity index (χ0v) is 9.43. The third-order valence-electron chi connectivity index (χ3n) is 2.28. The third-order valence-corrected chi connectivity index (χ3v) is 2.57. The summed E-state index contributed by atoms with van der Waals surface area (Å²) >= 11 is 5.62. The molecule has 14 heavy (non-hydrogen) atoms. The lowest BCUT2D eigenvalue weighted by molar-refractivity contribution is 0.201. The summed E-state index contributed by atoms with van der Waals surface area (Å²) in [5, 5.41) is 9.68. The van der Waals surface area contributed by atoms with Crippen LogP contribution in [0.5, 0.6) is 5.75 Å². The Morgan fingerprint density at radius 2 is 1.86 bits per heavy atom. The molecule has 0 saturated heterocycles. The second-order valence-corrected chi connectivity index (χ2v) is 3.65. The van der Waals surface area contributed by atoms with Gasteiger partial charge in [-0.2, -0.15) is 0 Å². The molecule has 0 radical (unpaired) electrons. The quantitative estimate of drug-likeness (QED) is 0.784. The van der Waals surface area contributed by atoms with E-state index < -0.39 is 6.10 Å². The highest BCUT2D eigenvalue weighted by Gasteiger charge is 2.13. The van der Waals surface area contributed by atoms with Crippen molar-refractivity contribution in [2.24, 2.45) is 0 Å². The summed E-state index contributed by atoms with van der Waals surface area (Å²) in [5.41, 5.74) is 2.92. The molecule has 0 amide bonds. The predicted molar refractivity (Wildman–Crippen MR) is 58.1 cm³/mol. The molecule has 1 unspecified atom stereocenters. The largest absolute Gasteiger partial charge is 0.497 e. The first kappa shape index (κ1) is 11.3. The van der Waals surface area contributed by atoms with E-state index in [1.165, 1.54) is 0 Å². The third kappa shape index (κ3) is 2.20. The second-order valence-electron chi connectivity index (χ2n) is 3.34. The zero-order valence-electron chi connectivity index (χ0n) is 8.67. The summed E-state index contributed by atoms with van der Waals surface area (Å²) in [6.45, 7) is 3.89. The molecular weight excluding hydrogens is 200 g/mol.